The smallest absolute Gasteiger partial charge is 0.334 e. The molecule has 0 atom stereocenters. The number of imidazole rings is 1. The van der Waals surface area contributed by atoms with E-state index in [1.807, 2.05) is 10.8 Å². The maximum absolute atomic E-state index is 12.1. The number of aromatic nitrogens is 2. The average Bonchev–Trinajstić information content (AvgIpc) is 2.83. The van der Waals surface area contributed by atoms with E-state index in [2.05, 4.69) is 10.3 Å². The molecule has 0 bridgehead atoms. The highest BCUT2D eigenvalue weighted by Gasteiger charge is 2.26. The van der Waals surface area contributed by atoms with Crippen LogP contribution in [0.2, 0.25) is 0 Å². The number of nitrogens with zero attached hydrogens (tertiary/aromatic N) is 2. The Morgan fingerprint density at radius 1 is 1.26 bits per heavy atom. The Labute approximate surface area is 111 Å². The summed E-state index contributed by atoms with van der Waals surface area (Å²) >= 11 is 0. The van der Waals surface area contributed by atoms with Crippen molar-refractivity contribution >= 4 is 0 Å². The van der Waals surface area contributed by atoms with E-state index in [0.717, 1.165) is 25.9 Å². The van der Waals surface area contributed by atoms with Gasteiger partial charge in [-0.15, -0.1) is 0 Å². The molecule has 2 heterocycles. The number of rotatable bonds is 5. The van der Waals surface area contributed by atoms with Crippen molar-refractivity contribution in [1.82, 2.24) is 14.9 Å². The van der Waals surface area contributed by atoms with E-state index < -0.39 is 12.6 Å². The SMILES string of the molecule is FC(F)(F)CCCCn1cncc1C1CCNCC1. The number of hydrogen-bond acceptors (Lipinski definition) is 2. The maximum Gasteiger partial charge on any atom is 0.389 e. The highest BCUT2D eigenvalue weighted by Crippen LogP contribution is 2.26. The van der Waals surface area contributed by atoms with Gasteiger partial charge >= 0.3 is 6.18 Å². The highest BCUT2D eigenvalue weighted by molar-refractivity contribution is 5.07. The van der Waals surface area contributed by atoms with Crippen molar-refractivity contribution in [3.8, 4) is 0 Å². The summed E-state index contributed by atoms with van der Waals surface area (Å²) in [5.41, 5.74) is 1.17. The van der Waals surface area contributed by atoms with Gasteiger partial charge in [-0.2, -0.15) is 13.2 Å². The number of nitrogens with one attached hydrogen (secondary N) is 1. The fourth-order valence-electron chi connectivity index (χ4n) is 2.58. The van der Waals surface area contributed by atoms with Crippen molar-refractivity contribution in [1.29, 1.82) is 0 Å². The summed E-state index contributed by atoms with van der Waals surface area (Å²) in [6.07, 6.45) is 1.77. The predicted molar refractivity (Wildman–Crippen MR) is 67.0 cm³/mol. The summed E-state index contributed by atoms with van der Waals surface area (Å²) < 4.78 is 38.2. The number of aryl methyl sites for hydroxylation is 1. The Bertz CT molecular complexity index is 381. The molecule has 0 saturated carbocycles. The Morgan fingerprint density at radius 2 is 2.00 bits per heavy atom. The van der Waals surface area contributed by atoms with E-state index in [1.165, 1.54) is 5.69 Å². The molecule has 0 amide bonds. The molecule has 2 rings (SSSR count). The van der Waals surface area contributed by atoms with E-state index in [-0.39, 0.29) is 6.42 Å². The van der Waals surface area contributed by atoms with Gasteiger partial charge in [0.05, 0.1) is 6.33 Å². The lowest BCUT2D eigenvalue weighted by Gasteiger charge is -2.23. The highest BCUT2D eigenvalue weighted by atomic mass is 19.4. The molecule has 3 nitrogen and oxygen atoms in total. The van der Waals surface area contributed by atoms with Crippen LogP contribution in [0, 0.1) is 0 Å². The molecule has 0 aromatic carbocycles. The first kappa shape index (κ1) is 14.4. The minimum atomic E-state index is -4.03. The van der Waals surface area contributed by atoms with Crippen LogP contribution in [0.4, 0.5) is 13.2 Å². The Kier molecular flexibility index (Phi) is 4.85. The first-order chi connectivity index (χ1) is 9.06. The Balaban J connectivity index is 1.82. The van der Waals surface area contributed by atoms with Gasteiger partial charge in [0.2, 0.25) is 0 Å². The van der Waals surface area contributed by atoms with E-state index >= 15 is 0 Å². The van der Waals surface area contributed by atoms with Gasteiger partial charge in [0.1, 0.15) is 0 Å². The van der Waals surface area contributed by atoms with Crippen molar-refractivity contribution in [3.05, 3.63) is 18.2 Å². The molecule has 108 valence electrons. The molecular formula is C13H20F3N3. The van der Waals surface area contributed by atoms with Gasteiger partial charge in [-0.3, -0.25) is 0 Å². The van der Waals surface area contributed by atoms with Gasteiger partial charge in [0, 0.05) is 30.8 Å². The van der Waals surface area contributed by atoms with Crippen LogP contribution in [0.15, 0.2) is 12.5 Å². The zero-order valence-electron chi connectivity index (χ0n) is 10.9. The third kappa shape index (κ3) is 4.53. The maximum atomic E-state index is 12.1. The summed E-state index contributed by atoms with van der Waals surface area (Å²) in [5, 5.41) is 3.31. The Hall–Kier alpha value is -1.04. The van der Waals surface area contributed by atoms with Crippen LogP contribution in [0.5, 0.6) is 0 Å². The van der Waals surface area contributed by atoms with E-state index in [4.69, 9.17) is 0 Å². The number of alkyl halides is 3. The number of halogens is 3. The van der Waals surface area contributed by atoms with Gasteiger partial charge in [-0.1, -0.05) is 0 Å². The van der Waals surface area contributed by atoms with Gasteiger partial charge in [-0.05, 0) is 38.8 Å². The molecule has 0 spiro atoms. The minimum Gasteiger partial charge on any atom is -0.334 e. The summed E-state index contributed by atoms with van der Waals surface area (Å²) in [6, 6.07) is 0. The fourth-order valence-corrected chi connectivity index (χ4v) is 2.58. The molecule has 1 aromatic rings. The molecule has 1 saturated heterocycles. The van der Waals surface area contributed by atoms with Crippen LogP contribution in [0.1, 0.15) is 43.7 Å². The van der Waals surface area contributed by atoms with Crippen LogP contribution in [-0.2, 0) is 6.54 Å². The molecule has 0 aliphatic carbocycles. The third-order valence-corrected chi connectivity index (χ3v) is 3.61. The molecule has 1 N–H and O–H groups in total. The van der Waals surface area contributed by atoms with E-state index in [0.29, 0.717) is 18.9 Å². The second-order valence-corrected chi connectivity index (χ2v) is 5.11. The minimum absolute atomic E-state index is 0.188. The van der Waals surface area contributed by atoms with Gasteiger partial charge in [0.15, 0.2) is 0 Å². The van der Waals surface area contributed by atoms with Crippen molar-refractivity contribution in [2.75, 3.05) is 13.1 Å². The van der Waals surface area contributed by atoms with Crippen LogP contribution in [0.25, 0.3) is 0 Å². The van der Waals surface area contributed by atoms with Crippen LogP contribution < -0.4 is 5.32 Å². The zero-order chi connectivity index (χ0) is 13.7. The van der Waals surface area contributed by atoms with E-state index in [9.17, 15) is 13.2 Å². The largest absolute Gasteiger partial charge is 0.389 e. The topological polar surface area (TPSA) is 29.9 Å². The van der Waals surface area contributed by atoms with Crippen molar-refractivity contribution < 1.29 is 13.2 Å². The molecular weight excluding hydrogens is 255 g/mol. The predicted octanol–water partition coefficient (Wildman–Crippen LogP) is 3.08. The second-order valence-electron chi connectivity index (χ2n) is 5.11. The average molecular weight is 275 g/mol. The molecule has 19 heavy (non-hydrogen) atoms. The molecule has 6 heteroatoms. The third-order valence-electron chi connectivity index (χ3n) is 3.61. The number of hydrogen-bond donors (Lipinski definition) is 1. The standard InChI is InChI=1S/C13H20F3N3/c14-13(15,16)5-1-2-8-19-10-18-9-12(19)11-3-6-17-7-4-11/h9-11,17H,1-8H2. The Morgan fingerprint density at radius 3 is 2.68 bits per heavy atom. The lowest BCUT2D eigenvalue weighted by molar-refractivity contribution is -0.135. The normalized spacial score (nSPS) is 17.8. The first-order valence-corrected chi connectivity index (χ1v) is 6.84. The zero-order valence-corrected chi connectivity index (χ0v) is 10.9. The fraction of sp³-hybridized carbons (Fsp3) is 0.769. The molecule has 1 aliphatic rings. The van der Waals surface area contributed by atoms with Crippen molar-refractivity contribution in [2.24, 2.45) is 0 Å². The number of unbranched alkanes of at least 4 members (excludes halogenated alkanes) is 1. The van der Waals surface area contributed by atoms with E-state index in [1.54, 1.807) is 6.33 Å². The van der Waals surface area contributed by atoms with Gasteiger partial charge in [0.25, 0.3) is 0 Å². The van der Waals surface area contributed by atoms with Crippen molar-refractivity contribution in [3.63, 3.8) is 0 Å². The van der Waals surface area contributed by atoms with Gasteiger partial charge < -0.3 is 9.88 Å². The lowest BCUT2D eigenvalue weighted by atomic mass is 9.95. The second kappa shape index (κ2) is 6.41. The summed E-state index contributed by atoms with van der Waals surface area (Å²) in [4.78, 5) is 4.15. The monoisotopic (exact) mass is 275 g/mol. The molecule has 1 aliphatic heterocycles. The summed E-state index contributed by atoms with van der Waals surface area (Å²) in [7, 11) is 0. The molecule has 0 unspecified atom stereocenters. The lowest BCUT2D eigenvalue weighted by Crippen LogP contribution is -2.27. The molecule has 1 fully saturated rings. The molecule has 0 radical (unpaired) electrons. The van der Waals surface area contributed by atoms with Crippen LogP contribution in [-0.4, -0.2) is 28.8 Å². The van der Waals surface area contributed by atoms with Crippen LogP contribution >= 0.6 is 0 Å². The first-order valence-electron chi connectivity index (χ1n) is 6.84. The summed E-state index contributed by atoms with van der Waals surface area (Å²) in [5.74, 6) is 0.492. The van der Waals surface area contributed by atoms with Crippen LogP contribution in [0.3, 0.4) is 0 Å². The molecule has 1 aromatic heterocycles. The van der Waals surface area contributed by atoms with Gasteiger partial charge in [-0.25, -0.2) is 4.98 Å². The summed E-state index contributed by atoms with van der Waals surface area (Å²) in [6.45, 7) is 2.64. The van der Waals surface area contributed by atoms with Crippen molar-refractivity contribution in [2.45, 2.75) is 50.7 Å². The quantitative estimate of drug-likeness (QED) is 0.837. The number of piperidine rings is 1.